The highest BCUT2D eigenvalue weighted by molar-refractivity contribution is 8.00. The maximum atomic E-state index is 6.12. The van der Waals surface area contributed by atoms with Crippen LogP contribution in [0.3, 0.4) is 0 Å². The van der Waals surface area contributed by atoms with Crippen molar-refractivity contribution in [3.05, 3.63) is 34.9 Å². The maximum absolute atomic E-state index is 6.12. The largest absolute Gasteiger partial charge is 0.360 e. The fourth-order valence-electron chi connectivity index (χ4n) is 1.47. The molecule has 1 N–H and O–H groups in total. The molecule has 0 unspecified atom stereocenters. The molecule has 0 bridgehead atoms. The lowest BCUT2D eigenvalue weighted by atomic mass is 10.2. The second-order valence-electron chi connectivity index (χ2n) is 4.03. The minimum absolute atomic E-state index is 0.806. The van der Waals surface area contributed by atoms with E-state index in [4.69, 9.17) is 11.6 Å². The van der Waals surface area contributed by atoms with Crippen LogP contribution in [0.25, 0.3) is 0 Å². The van der Waals surface area contributed by atoms with E-state index >= 15 is 0 Å². The van der Waals surface area contributed by atoms with Crippen molar-refractivity contribution in [1.29, 1.82) is 0 Å². The van der Waals surface area contributed by atoms with Crippen molar-refractivity contribution in [3.8, 4) is 0 Å². The number of nitrogens with zero attached hydrogens (tertiary/aromatic N) is 2. The number of hydrogen-bond acceptors (Lipinski definition) is 5. The zero-order valence-electron chi connectivity index (χ0n) is 10.7. The summed E-state index contributed by atoms with van der Waals surface area (Å²) in [6.45, 7) is 3.13. The molecule has 2 aromatic rings. The lowest BCUT2D eigenvalue weighted by Crippen LogP contribution is -1.99. The Morgan fingerprint density at radius 1 is 1.32 bits per heavy atom. The summed E-state index contributed by atoms with van der Waals surface area (Å²) in [6.07, 6.45) is 2.33. The van der Waals surface area contributed by atoms with Gasteiger partial charge in [-0.15, -0.1) is 10.2 Å². The summed E-state index contributed by atoms with van der Waals surface area (Å²) in [4.78, 5) is 0. The smallest absolute Gasteiger partial charge is 0.206 e. The van der Waals surface area contributed by atoms with Gasteiger partial charge in [0.2, 0.25) is 5.13 Å². The number of thioether (sulfide) groups is 1. The van der Waals surface area contributed by atoms with E-state index in [1.807, 2.05) is 24.3 Å². The normalized spacial score (nSPS) is 10.6. The maximum Gasteiger partial charge on any atom is 0.206 e. The van der Waals surface area contributed by atoms with Crippen LogP contribution >= 0.6 is 34.7 Å². The molecule has 1 aromatic carbocycles. The van der Waals surface area contributed by atoms with Crippen LogP contribution in [-0.2, 0) is 5.75 Å². The first-order valence-electron chi connectivity index (χ1n) is 6.23. The molecular weight excluding hydrogens is 298 g/mol. The van der Waals surface area contributed by atoms with Crippen LogP contribution in [0.1, 0.15) is 25.3 Å². The number of aromatic nitrogens is 2. The molecule has 0 radical (unpaired) electrons. The van der Waals surface area contributed by atoms with Crippen LogP contribution in [0.5, 0.6) is 0 Å². The standard InChI is InChI=1S/C13H16ClN3S2/c1-2-3-8-15-12-16-17-13(19-12)18-9-10-6-4-5-7-11(10)14/h4-7H,2-3,8-9H2,1H3,(H,15,16). The fraction of sp³-hybridized carbons (Fsp3) is 0.385. The van der Waals surface area contributed by atoms with Crippen molar-refractivity contribution in [2.24, 2.45) is 0 Å². The third kappa shape index (κ3) is 4.67. The Kier molecular flexibility index (Phi) is 5.94. The van der Waals surface area contributed by atoms with Gasteiger partial charge in [-0.25, -0.2) is 0 Å². The second kappa shape index (κ2) is 7.72. The lowest BCUT2D eigenvalue weighted by Gasteiger charge is -2.00. The number of benzene rings is 1. The number of nitrogens with one attached hydrogen (secondary N) is 1. The molecule has 102 valence electrons. The molecule has 1 heterocycles. The number of hydrogen-bond donors (Lipinski definition) is 1. The number of unbranched alkanes of at least 4 members (excludes halogenated alkanes) is 1. The Labute approximate surface area is 126 Å². The van der Waals surface area contributed by atoms with Gasteiger partial charge in [0.1, 0.15) is 0 Å². The summed E-state index contributed by atoms with van der Waals surface area (Å²) in [5.74, 6) is 0.823. The number of rotatable bonds is 7. The first kappa shape index (κ1) is 14.6. The minimum Gasteiger partial charge on any atom is -0.360 e. The van der Waals surface area contributed by atoms with Crippen LogP contribution in [0.4, 0.5) is 5.13 Å². The second-order valence-corrected chi connectivity index (χ2v) is 6.64. The van der Waals surface area contributed by atoms with Crippen molar-refractivity contribution in [2.75, 3.05) is 11.9 Å². The van der Waals surface area contributed by atoms with Crippen LogP contribution < -0.4 is 5.32 Å². The zero-order chi connectivity index (χ0) is 13.5. The van der Waals surface area contributed by atoms with Gasteiger partial charge in [0.05, 0.1) is 0 Å². The van der Waals surface area contributed by atoms with E-state index in [-0.39, 0.29) is 0 Å². The molecule has 1 aromatic heterocycles. The summed E-state index contributed by atoms with van der Waals surface area (Å²) in [5, 5.41) is 13.3. The topological polar surface area (TPSA) is 37.8 Å². The Bertz CT molecular complexity index is 516. The highest BCUT2D eigenvalue weighted by atomic mass is 35.5. The highest BCUT2D eigenvalue weighted by Gasteiger charge is 2.06. The molecule has 0 aliphatic rings. The van der Waals surface area contributed by atoms with E-state index in [9.17, 15) is 0 Å². The molecule has 0 saturated heterocycles. The molecular formula is C13H16ClN3S2. The molecule has 6 heteroatoms. The van der Waals surface area contributed by atoms with E-state index < -0.39 is 0 Å². The molecule has 0 aliphatic carbocycles. The number of anilines is 1. The highest BCUT2D eigenvalue weighted by Crippen LogP contribution is 2.30. The third-order valence-corrected chi connectivity index (χ3v) is 4.95. The van der Waals surface area contributed by atoms with Gasteiger partial charge >= 0.3 is 0 Å². The molecule has 2 rings (SSSR count). The van der Waals surface area contributed by atoms with Gasteiger partial charge in [-0.05, 0) is 18.1 Å². The van der Waals surface area contributed by atoms with E-state index in [2.05, 4.69) is 22.4 Å². The summed E-state index contributed by atoms with van der Waals surface area (Å²) in [6, 6.07) is 7.89. The van der Waals surface area contributed by atoms with Crippen molar-refractivity contribution < 1.29 is 0 Å². The van der Waals surface area contributed by atoms with Gasteiger partial charge in [0, 0.05) is 17.3 Å². The van der Waals surface area contributed by atoms with Gasteiger partial charge in [-0.2, -0.15) is 0 Å². The van der Waals surface area contributed by atoms with E-state index in [1.165, 1.54) is 6.42 Å². The minimum atomic E-state index is 0.806. The summed E-state index contributed by atoms with van der Waals surface area (Å²) in [7, 11) is 0. The van der Waals surface area contributed by atoms with Crippen molar-refractivity contribution in [2.45, 2.75) is 29.9 Å². The summed E-state index contributed by atoms with van der Waals surface area (Å²) < 4.78 is 0.971. The molecule has 0 atom stereocenters. The molecule has 0 saturated carbocycles. The molecule has 0 fully saturated rings. The van der Waals surface area contributed by atoms with Gasteiger partial charge < -0.3 is 5.32 Å². The lowest BCUT2D eigenvalue weighted by molar-refractivity contribution is 0.830. The molecule has 0 spiro atoms. The van der Waals surface area contributed by atoms with Gasteiger partial charge in [-0.3, -0.25) is 0 Å². The molecule has 19 heavy (non-hydrogen) atoms. The van der Waals surface area contributed by atoms with Crippen molar-refractivity contribution in [1.82, 2.24) is 10.2 Å². The molecule has 0 amide bonds. The predicted octanol–water partition coefficient (Wildman–Crippen LogP) is 4.70. The average molecular weight is 314 g/mol. The monoisotopic (exact) mass is 313 g/mol. The van der Waals surface area contributed by atoms with E-state index in [1.54, 1.807) is 23.1 Å². The summed E-state index contributed by atoms with van der Waals surface area (Å²) in [5.41, 5.74) is 1.13. The molecule has 0 aliphatic heterocycles. The van der Waals surface area contributed by atoms with Crippen molar-refractivity contribution in [3.63, 3.8) is 0 Å². The first-order chi connectivity index (χ1) is 9.29. The number of halogens is 1. The fourth-order valence-corrected chi connectivity index (χ4v) is 3.53. The summed E-state index contributed by atoms with van der Waals surface area (Å²) >= 11 is 9.39. The van der Waals surface area contributed by atoms with Crippen LogP contribution in [0.2, 0.25) is 5.02 Å². The van der Waals surface area contributed by atoms with Gasteiger partial charge in [0.15, 0.2) is 4.34 Å². The SMILES string of the molecule is CCCCNc1nnc(SCc2ccccc2Cl)s1. The van der Waals surface area contributed by atoms with E-state index in [0.29, 0.717) is 0 Å². The third-order valence-electron chi connectivity index (χ3n) is 2.52. The van der Waals surface area contributed by atoms with Crippen LogP contribution in [0, 0.1) is 0 Å². The Morgan fingerprint density at radius 2 is 2.16 bits per heavy atom. The van der Waals surface area contributed by atoms with Crippen LogP contribution in [0.15, 0.2) is 28.6 Å². The van der Waals surface area contributed by atoms with Crippen molar-refractivity contribution >= 4 is 39.8 Å². The van der Waals surface area contributed by atoms with Gasteiger partial charge in [0.25, 0.3) is 0 Å². The Hall–Kier alpha value is -0.780. The molecule has 3 nitrogen and oxygen atoms in total. The van der Waals surface area contributed by atoms with Crippen LogP contribution in [-0.4, -0.2) is 16.7 Å². The zero-order valence-corrected chi connectivity index (χ0v) is 13.1. The predicted molar refractivity (Wildman–Crippen MR) is 84.3 cm³/mol. The Balaban J connectivity index is 1.85. The average Bonchev–Trinajstić information content (AvgIpc) is 2.86. The van der Waals surface area contributed by atoms with Gasteiger partial charge in [-0.1, -0.05) is 66.2 Å². The Morgan fingerprint density at radius 3 is 2.95 bits per heavy atom. The van der Waals surface area contributed by atoms with E-state index in [0.717, 1.165) is 38.8 Å². The quantitative estimate of drug-likeness (QED) is 0.594. The first-order valence-corrected chi connectivity index (χ1v) is 8.41.